The van der Waals surface area contributed by atoms with Gasteiger partial charge in [-0.3, -0.25) is 0 Å². The Morgan fingerprint density at radius 2 is 2.10 bits per heavy atom. The third-order valence-corrected chi connectivity index (χ3v) is 3.43. The lowest BCUT2D eigenvalue weighted by atomic mass is 10.2. The summed E-state index contributed by atoms with van der Waals surface area (Å²) >= 11 is 3.48. The molecule has 0 radical (unpaired) electrons. The molecule has 1 N–H and O–H groups in total. The lowest BCUT2D eigenvalue weighted by Crippen LogP contribution is -2.04. The van der Waals surface area contributed by atoms with Crippen LogP contribution < -0.4 is 0 Å². The molecule has 0 aliphatic heterocycles. The van der Waals surface area contributed by atoms with Gasteiger partial charge in [-0.05, 0) is 35.0 Å². The fourth-order valence-corrected chi connectivity index (χ4v) is 2.45. The van der Waals surface area contributed by atoms with Gasteiger partial charge < -0.3 is 9.63 Å². The normalized spacial score (nSPS) is 12.8. The molecule has 0 bridgehead atoms. The maximum Gasteiger partial charge on any atom is 0.229 e. The number of pyridine rings is 1. The van der Waals surface area contributed by atoms with Gasteiger partial charge in [0.1, 0.15) is 5.69 Å². The molecule has 3 rings (SSSR count). The lowest BCUT2D eigenvalue weighted by molar-refractivity contribution is 0.181. The molecule has 1 aromatic carbocycles. The number of benzene rings is 1. The fraction of sp³-hybridized carbons (Fsp3) is 0.214. The van der Waals surface area contributed by atoms with Crippen LogP contribution in [0.1, 0.15) is 12.8 Å². The molecule has 0 spiro atoms. The SMILES string of the molecule is CC(O)Cc1nc(-c2nc3ccccc3cc2Br)no1. The third kappa shape index (κ3) is 2.57. The second kappa shape index (κ2) is 5.30. The monoisotopic (exact) mass is 333 g/mol. The van der Waals surface area contributed by atoms with E-state index in [-0.39, 0.29) is 0 Å². The Balaban J connectivity index is 2.05. The zero-order chi connectivity index (χ0) is 14.1. The van der Waals surface area contributed by atoms with Gasteiger partial charge in [-0.25, -0.2) is 4.98 Å². The Labute approximate surface area is 123 Å². The highest BCUT2D eigenvalue weighted by atomic mass is 79.9. The first-order chi connectivity index (χ1) is 9.63. The first kappa shape index (κ1) is 13.2. The van der Waals surface area contributed by atoms with Crippen LogP contribution in [0.2, 0.25) is 0 Å². The van der Waals surface area contributed by atoms with Gasteiger partial charge in [0.05, 0.1) is 18.0 Å². The van der Waals surface area contributed by atoms with E-state index in [1.807, 2.05) is 30.3 Å². The smallest absolute Gasteiger partial charge is 0.229 e. The van der Waals surface area contributed by atoms with Crippen LogP contribution in [0, 0.1) is 0 Å². The first-order valence-electron chi connectivity index (χ1n) is 6.20. The van der Waals surface area contributed by atoms with Gasteiger partial charge in [0.25, 0.3) is 0 Å². The molecule has 2 aromatic heterocycles. The number of halogens is 1. The summed E-state index contributed by atoms with van der Waals surface area (Å²) in [6.07, 6.45) is -0.186. The highest BCUT2D eigenvalue weighted by Crippen LogP contribution is 2.27. The molecule has 102 valence electrons. The Kier molecular flexibility index (Phi) is 3.50. The third-order valence-electron chi connectivity index (χ3n) is 2.83. The maximum absolute atomic E-state index is 9.33. The minimum Gasteiger partial charge on any atom is -0.393 e. The van der Waals surface area contributed by atoms with Crippen molar-refractivity contribution < 1.29 is 9.63 Å². The van der Waals surface area contributed by atoms with E-state index >= 15 is 0 Å². The molecule has 1 atom stereocenters. The number of hydrogen-bond acceptors (Lipinski definition) is 5. The number of nitrogens with zero attached hydrogens (tertiary/aromatic N) is 3. The van der Waals surface area contributed by atoms with Crippen LogP contribution in [-0.2, 0) is 6.42 Å². The average molecular weight is 334 g/mol. The van der Waals surface area contributed by atoms with Gasteiger partial charge in [0.15, 0.2) is 0 Å². The zero-order valence-electron chi connectivity index (χ0n) is 10.7. The van der Waals surface area contributed by atoms with E-state index in [2.05, 4.69) is 31.1 Å². The standard InChI is InChI=1S/C14H12BrN3O2/c1-8(19)6-12-17-14(18-20-12)13-10(15)7-9-4-2-3-5-11(9)16-13/h2-5,7-8,19H,6H2,1H3. The Morgan fingerprint density at radius 3 is 2.90 bits per heavy atom. The Morgan fingerprint density at radius 1 is 1.30 bits per heavy atom. The highest BCUT2D eigenvalue weighted by Gasteiger charge is 2.15. The minimum absolute atomic E-state index is 0.332. The van der Waals surface area contributed by atoms with Crippen LogP contribution >= 0.6 is 15.9 Å². The molecule has 2 heterocycles. The van der Waals surface area contributed by atoms with Gasteiger partial charge in [0, 0.05) is 9.86 Å². The lowest BCUT2D eigenvalue weighted by Gasteiger charge is -2.02. The maximum atomic E-state index is 9.33. The molecular formula is C14H12BrN3O2. The van der Waals surface area contributed by atoms with Crippen LogP contribution in [0.3, 0.4) is 0 Å². The van der Waals surface area contributed by atoms with Crippen molar-refractivity contribution in [1.29, 1.82) is 0 Å². The van der Waals surface area contributed by atoms with Crippen molar-refractivity contribution in [2.45, 2.75) is 19.4 Å². The molecule has 0 aliphatic carbocycles. The van der Waals surface area contributed by atoms with Crippen molar-refractivity contribution >= 4 is 26.8 Å². The molecule has 1 unspecified atom stereocenters. The number of para-hydroxylation sites is 1. The van der Waals surface area contributed by atoms with Crippen molar-refractivity contribution in [3.63, 3.8) is 0 Å². The Hall–Kier alpha value is -1.79. The quantitative estimate of drug-likeness (QED) is 0.797. The molecular weight excluding hydrogens is 322 g/mol. The predicted octanol–water partition coefficient (Wildman–Crippen LogP) is 2.97. The molecule has 0 saturated heterocycles. The van der Waals surface area contributed by atoms with Crippen molar-refractivity contribution in [3.8, 4) is 11.5 Å². The van der Waals surface area contributed by atoms with Gasteiger partial charge in [-0.15, -0.1) is 0 Å². The first-order valence-corrected chi connectivity index (χ1v) is 6.99. The van der Waals surface area contributed by atoms with Crippen molar-refractivity contribution in [1.82, 2.24) is 15.1 Å². The summed E-state index contributed by atoms with van der Waals surface area (Å²) < 4.78 is 5.92. The molecule has 0 amide bonds. The second-order valence-electron chi connectivity index (χ2n) is 4.58. The van der Waals surface area contributed by atoms with Gasteiger partial charge in [0.2, 0.25) is 11.7 Å². The van der Waals surface area contributed by atoms with Crippen molar-refractivity contribution in [2.24, 2.45) is 0 Å². The topological polar surface area (TPSA) is 72.0 Å². The van der Waals surface area contributed by atoms with E-state index in [0.717, 1.165) is 15.4 Å². The summed E-state index contributed by atoms with van der Waals surface area (Å²) in [6.45, 7) is 1.67. The molecule has 0 saturated carbocycles. The van der Waals surface area contributed by atoms with Gasteiger partial charge >= 0.3 is 0 Å². The van der Waals surface area contributed by atoms with E-state index in [1.54, 1.807) is 6.92 Å². The summed E-state index contributed by atoms with van der Waals surface area (Å²) in [6, 6.07) is 9.80. The predicted molar refractivity (Wildman–Crippen MR) is 78.1 cm³/mol. The molecule has 20 heavy (non-hydrogen) atoms. The summed E-state index contributed by atoms with van der Waals surface area (Å²) in [7, 11) is 0. The molecule has 0 aliphatic rings. The van der Waals surface area contributed by atoms with E-state index in [9.17, 15) is 5.11 Å². The summed E-state index contributed by atoms with van der Waals surface area (Å²) in [5, 5.41) is 14.3. The van der Waals surface area contributed by atoms with Crippen LogP contribution in [0.15, 0.2) is 39.3 Å². The van der Waals surface area contributed by atoms with E-state index in [0.29, 0.717) is 23.8 Å². The number of aromatic nitrogens is 3. The number of rotatable bonds is 3. The number of aliphatic hydroxyl groups excluding tert-OH is 1. The molecule has 0 fully saturated rings. The van der Waals surface area contributed by atoms with E-state index < -0.39 is 6.10 Å². The van der Waals surface area contributed by atoms with Crippen LogP contribution in [-0.4, -0.2) is 26.3 Å². The van der Waals surface area contributed by atoms with E-state index in [1.165, 1.54) is 0 Å². The highest BCUT2D eigenvalue weighted by molar-refractivity contribution is 9.10. The molecule has 6 heteroatoms. The number of aliphatic hydroxyl groups is 1. The average Bonchev–Trinajstić information content (AvgIpc) is 2.85. The largest absolute Gasteiger partial charge is 0.393 e. The summed E-state index contributed by atoms with van der Waals surface area (Å²) in [5.41, 5.74) is 1.50. The summed E-state index contributed by atoms with van der Waals surface area (Å²) in [4.78, 5) is 8.80. The molecule has 5 nitrogen and oxygen atoms in total. The summed E-state index contributed by atoms with van der Waals surface area (Å²) in [5.74, 6) is 0.815. The molecule has 3 aromatic rings. The van der Waals surface area contributed by atoms with Crippen molar-refractivity contribution in [3.05, 3.63) is 40.7 Å². The zero-order valence-corrected chi connectivity index (χ0v) is 12.3. The van der Waals surface area contributed by atoms with Gasteiger partial charge in [-0.1, -0.05) is 23.4 Å². The van der Waals surface area contributed by atoms with Crippen LogP contribution in [0.4, 0.5) is 0 Å². The van der Waals surface area contributed by atoms with Crippen LogP contribution in [0.25, 0.3) is 22.4 Å². The number of hydrogen-bond donors (Lipinski definition) is 1. The number of fused-ring (bicyclic) bond motifs is 1. The van der Waals surface area contributed by atoms with Crippen LogP contribution in [0.5, 0.6) is 0 Å². The second-order valence-corrected chi connectivity index (χ2v) is 5.43. The Bertz CT molecular complexity index is 755. The van der Waals surface area contributed by atoms with E-state index in [4.69, 9.17) is 4.52 Å². The van der Waals surface area contributed by atoms with Gasteiger partial charge in [-0.2, -0.15) is 4.98 Å². The fourth-order valence-electron chi connectivity index (χ4n) is 1.93. The minimum atomic E-state index is -0.517. The van der Waals surface area contributed by atoms with Crippen molar-refractivity contribution in [2.75, 3.05) is 0 Å².